The Hall–Kier alpha value is -2.49. The first-order valence-electron chi connectivity index (χ1n) is 5.39. The quantitative estimate of drug-likeness (QED) is 0.509. The fourth-order valence-electron chi connectivity index (χ4n) is 1.41. The number of carbonyl (C=O) groups is 1. The molecular formula is C14H12FN2O+. The summed E-state index contributed by atoms with van der Waals surface area (Å²) in [5.41, 5.74) is 6.65. The molecule has 0 atom stereocenters. The van der Waals surface area contributed by atoms with Gasteiger partial charge in [0.05, 0.1) is 6.08 Å². The fourth-order valence-corrected chi connectivity index (χ4v) is 1.41. The summed E-state index contributed by atoms with van der Waals surface area (Å²) < 4.78 is 14.4. The SMILES string of the molecule is Nc1cc[n+](C=CC(=O)c2ccc(F)cc2)cc1. The van der Waals surface area contributed by atoms with Crippen LogP contribution in [0.2, 0.25) is 0 Å². The van der Waals surface area contributed by atoms with Gasteiger partial charge in [0.25, 0.3) is 0 Å². The van der Waals surface area contributed by atoms with Gasteiger partial charge in [-0.3, -0.25) is 4.79 Å². The lowest BCUT2D eigenvalue weighted by Crippen LogP contribution is -2.24. The van der Waals surface area contributed by atoms with Crippen LogP contribution in [0, 0.1) is 5.82 Å². The van der Waals surface area contributed by atoms with Crippen molar-refractivity contribution in [1.82, 2.24) is 0 Å². The number of nitrogens with zero attached hydrogens (tertiary/aromatic N) is 1. The van der Waals surface area contributed by atoms with Crippen LogP contribution in [-0.4, -0.2) is 5.78 Å². The molecule has 1 aromatic heterocycles. The molecule has 1 aromatic carbocycles. The highest BCUT2D eigenvalue weighted by atomic mass is 19.1. The van der Waals surface area contributed by atoms with Gasteiger partial charge in [0.15, 0.2) is 24.4 Å². The number of ketones is 1. The lowest BCUT2D eigenvalue weighted by atomic mass is 10.1. The van der Waals surface area contributed by atoms with Crippen molar-refractivity contribution in [2.45, 2.75) is 0 Å². The van der Waals surface area contributed by atoms with E-state index in [1.54, 1.807) is 35.3 Å². The van der Waals surface area contributed by atoms with E-state index >= 15 is 0 Å². The molecule has 2 aromatic rings. The van der Waals surface area contributed by atoms with Gasteiger partial charge in [-0.25, -0.2) is 4.39 Å². The number of pyridine rings is 1. The number of benzene rings is 1. The van der Waals surface area contributed by atoms with Crippen LogP contribution in [0.1, 0.15) is 10.4 Å². The second-order valence-corrected chi connectivity index (χ2v) is 3.77. The van der Waals surface area contributed by atoms with Gasteiger partial charge >= 0.3 is 0 Å². The number of aromatic nitrogens is 1. The largest absolute Gasteiger partial charge is 0.398 e. The maximum atomic E-state index is 12.7. The van der Waals surface area contributed by atoms with Gasteiger partial charge in [0.1, 0.15) is 5.82 Å². The van der Waals surface area contributed by atoms with Crippen molar-refractivity contribution in [3.63, 3.8) is 0 Å². The number of hydrogen-bond acceptors (Lipinski definition) is 2. The molecule has 0 aliphatic rings. The number of nitrogens with two attached hydrogens (primary N) is 1. The van der Waals surface area contributed by atoms with Crippen LogP contribution in [0.4, 0.5) is 10.1 Å². The minimum absolute atomic E-state index is 0.181. The summed E-state index contributed by atoms with van der Waals surface area (Å²) in [6.07, 6.45) is 6.52. The highest BCUT2D eigenvalue weighted by Gasteiger charge is 2.03. The van der Waals surface area contributed by atoms with E-state index in [0.717, 1.165) is 0 Å². The topological polar surface area (TPSA) is 47.0 Å². The normalized spacial score (nSPS) is 10.7. The molecule has 0 bridgehead atoms. The van der Waals surface area contributed by atoms with Crippen molar-refractivity contribution in [3.8, 4) is 0 Å². The molecule has 3 nitrogen and oxygen atoms in total. The van der Waals surface area contributed by atoms with Crippen molar-refractivity contribution in [2.24, 2.45) is 0 Å². The first-order chi connectivity index (χ1) is 8.65. The summed E-state index contributed by atoms with van der Waals surface area (Å²) in [4.78, 5) is 11.7. The van der Waals surface area contributed by atoms with E-state index in [2.05, 4.69) is 0 Å². The molecule has 18 heavy (non-hydrogen) atoms. The molecule has 2 rings (SSSR count). The maximum Gasteiger partial charge on any atom is 0.191 e. The van der Waals surface area contributed by atoms with Crippen LogP contribution < -0.4 is 10.3 Å². The van der Waals surface area contributed by atoms with Gasteiger partial charge in [-0.15, -0.1) is 0 Å². The van der Waals surface area contributed by atoms with Crippen molar-refractivity contribution >= 4 is 17.7 Å². The predicted molar refractivity (Wildman–Crippen MR) is 67.1 cm³/mol. The molecule has 0 radical (unpaired) electrons. The second kappa shape index (κ2) is 5.23. The van der Waals surface area contributed by atoms with E-state index in [9.17, 15) is 9.18 Å². The Balaban J connectivity index is 2.11. The van der Waals surface area contributed by atoms with Crippen LogP contribution in [-0.2, 0) is 0 Å². The predicted octanol–water partition coefficient (Wildman–Crippen LogP) is 2.05. The van der Waals surface area contributed by atoms with Gasteiger partial charge in [-0.05, 0) is 24.3 Å². The van der Waals surface area contributed by atoms with Crippen molar-refractivity contribution < 1.29 is 13.8 Å². The van der Waals surface area contributed by atoms with Crippen LogP contribution in [0.5, 0.6) is 0 Å². The smallest absolute Gasteiger partial charge is 0.191 e. The standard InChI is InChI=1S/C14H11FN2O/c15-12-3-1-11(2-4-12)14(18)7-10-17-8-5-13(16)6-9-17/h1-10,16H/p+1. The molecule has 0 aliphatic heterocycles. The third-order valence-electron chi connectivity index (χ3n) is 2.41. The van der Waals surface area contributed by atoms with E-state index in [0.29, 0.717) is 11.3 Å². The third kappa shape index (κ3) is 3.01. The highest BCUT2D eigenvalue weighted by molar-refractivity contribution is 6.05. The van der Waals surface area contributed by atoms with E-state index in [1.165, 1.54) is 30.3 Å². The van der Waals surface area contributed by atoms with E-state index < -0.39 is 0 Å². The number of rotatable bonds is 3. The first-order valence-corrected chi connectivity index (χ1v) is 5.39. The molecular weight excluding hydrogens is 231 g/mol. The van der Waals surface area contributed by atoms with E-state index in [4.69, 9.17) is 5.73 Å². The van der Waals surface area contributed by atoms with Crippen LogP contribution in [0.3, 0.4) is 0 Å². The van der Waals surface area contributed by atoms with Crippen molar-refractivity contribution in [2.75, 3.05) is 5.73 Å². The Morgan fingerprint density at radius 2 is 1.72 bits per heavy atom. The number of hydrogen-bond donors (Lipinski definition) is 1. The first kappa shape index (κ1) is 12.0. The Morgan fingerprint density at radius 1 is 1.11 bits per heavy atom. The monoisotopic (exact) mass is 243 g/mol. The second-order valence-electron chi connectivity index (χ2n) is 3.77. The van der Waals surface area contributed by atoms with E-state index in [-0.39, 0.29) is 11.6 Å². The minimum atomic E-state index is -0.358. The Bertz CT molecular complexity index is 574. The van der Waals surface area contributed by atoms with Gasteiger partial charge in [0, 0.05) is 23.4 Å². The zero-order valence-corrected chi connectivity index (χ0v) is 9.58. The number of carbonyl (C=O) groups excluding carboxylic acids is 1. The fraction of sp³-hybridized carbons (Fsp3) is 0. The molecule has 4 heteroatoms. The summed E-state index contributed by atoms with van der Waals surface area (Å²) >= 11 is 0. The van der Waals surface area contributed by atoms with Crippen LogP contribution >= 0.6 is 0 Å². The van der Waals surface area contributed by atoms with Gasteiger partial charge < -0.3 is 5.73 Å². The number of nitrogen functional groups attached to an aromatic ring is 1. The summed E-state index contributed by atoms with van der Waals surface area (Å²) in [6.45, 7) is 0. The third-order valence-corrected chi connectivity index (χ3v) is 2.41. The van der Waals surface area contributed by atoms with Gasteiger partial charge in [-0.1, -0.05) is 0 Å². The Labute approximate surface area is 104 Å². The highest BCUT2D eigenvalue weighted by Crippen LogP contribution is 2.04. The molecule has 0 amide bonds. The number of halogens is 1. The molecule has 2 N–H and O–H groups in total. The Morgan fingerprint density at radius 3 is 2.33 bits per heavy atom. The summed E-state index contributed by atoms with van der Waals surface area (Å²) in [6, 6.07) is 8.89. The zero-order chi connectivity index (χ0) is 13.0. The molecule has 0 unspecified atom stereocenters. The van der Waals surface area contributed by atoms with Crippen LogP contribution in [0.15, 0.2) is 54.9 Å². The number of allylic oxidation sites excluding steroid dienone is 1. The summed E-state index contributed by atoms with van der Waals surface area (Å²) in [7, 11) is 0. The molecule has 90 valence electrons. The number of anilines is 1. The van der Waals surface area contributed by atoms with Crippen LogP contribution in [0.25, 0.3) is 6.20 Å². The zero-order valence-electron chi connectivity index (χ0n) is 9.58. The molecule has 0 aliphatic carbocycles. The molecule has 0 saturated heterocycles. The Kier molecular flexibility index (Phi) is 3.48. The lowest BCUT2D eigenvalue weighted by Gasteiger charge is -1.94. The van der Waals surface area contributed by atoms with Gasteiger partial charge in [0.2, 0.25) is 0 Å². The summed E-state index contributed by atoms with van der Waals surface area (Å²) in [5.74, 6) is -0.539. The molecule has 0 fully saturated rings. The molecule has 1 heterocycles. The van der Waals surface area contributed by atoms with Gasteiger partial charge in [-0.2, -0.15) is 4.57 Å². The summed E-state index contributed by atoms with van der Waals surface area (Å²) in [5, 5.41) is 0. The van der Waals surface area contributed by atoms with Crippen molar-refractivity contribution in [3.05, 3.63) is 66.2 Å². The average Bonchev–Trinajstić information content (AvgIpc) is 2.38. The van der Waals surface area contributed by atoms with Crippen molar-refractivity contribution in [1.29, 1.82) is 0 Å². The van der Waals surface area contributed by atoms with E-state index in [1.807, 2.05) is 0 Å². The maximum absolute atomic E-state index is 12.7. The molecule has 0 spiro atoms. The molecule has 0 saturated carbocycles. The lowest BCUT2D eigenvalue weighted by molar-refractivity contribution is -0.568. The average molecular weight is 243 g/mol. The minimum Gasteiger partial charge on any atom is -0.398 e.